The van der Waals surface area contributed by atoms with Crippen LogP contribution in [0.15, 0.2) is 90.1 Å². The molecule has 0 aromatic heterocycles. The van der Waals surface area contributed by atoms with E-state index in [0.29, 0.717) is 16.8 Å². The maximum atomic E-state index is 13.4. The number of halogens is 3. The second kappa shape index (κ2) is 10.2. The lowest BCUT2D eigenvalue weighted by molar-refractivity contribution is -0.141. The molecule has 182 valence electrons. The van der Waals surface area contributed by atoms with E-state index in [1.165, 1.54) is 17.0 Å². The Hall–Kier alpha value is -4.16. The number of hydrogen-bond donors (Lipinski definition) is 1. The third-order valence-electron chi connectivity index (χ3n) is 5.72. The molecule has 0 saturated heterocycles. The topological polar surface area (TPSA) is 65.4 Å². The van der Waals surface area contributed by atoms with Crippen LogP contribution in [0.25, 0.3) is 0 Å². The van der Waals surface area contributed by atoms with Crippen molar-refractivity contribution in [3.8, 4) is 6.07 Å². The monoisotopic (exact) mass is 507 g/mol. The van der Waals surface area contributed by atoms with Crippen molar-refractivity contribution >= 4 is 29.0 Å². The molecule has 36 heavy (non-hydrogen) atoms. The standard InChI is InChI=1S/C27H20F3N3O2S/c1-17-23(25(34)35-16-19-6-3-2-4-7-19)24(20-12-10-18(15-31)11-13-20)32-26(36)33(17)22-9-5-8-21(14-22)27(28,29)30/h2-14,24H,16H2,1H3,(H,32,36). The van der Waals surface area contributed by atoms with Gasteiger partial charge in [0, 0.05) is 11.4 Å². The van der Waals surface area contributed by atoms with E-state index in [4.69, 9.17) is 22.2 Å². The molecule has 1 N–H and O–H groups in total. The van der Waals surface area contributed by atoms with Gasteiger partial charge in [0.05, 0.1) is 28.8 Å². The van der Waals surface area contributed by atoms with Gasteiger partial charge in [0.15, 0.2) is 5.11 Å². The Kier molecular flexibility index (Phi) is 7.08. The second-order valence-corrected chi connectivity index (χ2v) is 8.45. The van der Waals surface area contributed by atoms with E-state index in [1.54, 1.807) is 31.2 Å². The van der Waals surface area contributed by atoms with E-state index in [1.807, 2.05) is 36.4 Å². The van der Waals surface area contributed by atoms with Crippen LogP contribution in [0.2, 0.25) is 0 Å². The molecular formula is C27H20F3N3O2S. The summed E-state index contributed by atoms with van der Waals surface area (Å²) in [6, 6.07) is 21.8. The van der Waals surface area contributed by atoms with Crippen molar-refractivity contribution in [2.24, 2.45) is 0 Å². The van der Waals surface area contributed by atoms with Crippen LogP contribution in [0.1, 0.15) is 35.2 Å². The zero-order valence-electron chi connectivity index (χ0n) is 19.0. The molecule has 0 amide bonds. The summed E-state index contributed by atoms with van der Waals surface area (Å²) in [5.41, 5.74) is 1.73. The molecule has 0 spiro atoms. The zero-order chi connectivity index (χ0) is 25.9. The average Bonchev–Trinajstić information content (AvgIpc) is 2.87. The molecule has 0 saturated carbocycles. The van der Waals surface area contributed by atoms with Crippen LogP contribution in [0.4, 0.5) is 18.9 Å². The number of nitrogens with one attached hydrogen (secondary N) is 1. The van der Waals surface area contributed by atoms with Gasteiger partial charge in [-0.3, -0.25) is 4.90 Å². The van der Waals surface area contributed by atoms with Gasteiger partial charge >= 0.3 is 12.1 Å². The number of esters is 1. The number of carbonyl (C=O) groups excluding carboxylic acids is 1. The second-order valence-electron chi connectivity index (χ2n) is 8.06. The van der Waals surface area contributed by atoms with E-state index in [-0.39, 0.29) is 23.0 Å². The molecule has 1 aliphatic rings. The Morgan fingerprint density at radius 2 is 1.78 bits per heavy atom. The first-order chi connectivity index (χ1) is 17.2. The summed E-state index contributed by atoms with van der Waals surface area (Å²) in [6.45, 7) is 1.63. The molecule has 1 aliphatic heterocycles. The fourth-order valence-corrected chi connectivity index (χ4v) is 4.30. The third kappa shape index (κ3) is 5.24. The number of alkyl halides is 3. The van der Waals surface area contributed by atoms with E-state index in [9.17, 15) is 18.0 Å². The number of ether oxygens (including phenoxy) is 1. The summed E-state index contributed by atoms with van der Waals surface area (Å²) >= 11 is 5.52. The number of allylic oxidation sites excluding steroid dienone is 1. The molecule has 4 rings (SSSR count). The van der Waals surface area contributed by atoms with Crippen molar-refractivity contribution in [3.63, 3.8) is 0 Å². The molecule has 1 unspecified atom stereocenters. The van der Waals surface area contributed by atoms with Crippen LogP contribution in [0.3, 0.4) is 0 Å². The Balaban J connectivity index is 1.77. The summed E-state index contributed by atoms with van der Waals surface area (Å²) in [6.07, 6.45) is -4.54. The Labute approximate surface area is 211 Å². The number of anilines is 1. The van der Waals surface area contributed by atoms with Gasteiger partial charge in [-0.2, -0.15) is 18.4 Å². The fourth-order valence-electron chi connectivity index (χ4n) is 3.94. The maximum absolute atomic E-state index is 13.4. The maximum Gasteiger partial charge on any atom is 0.416 e. The van der Waals surface area contributed by atoms with Crippen molar-refractivity contribution < 1.29 is 22.7 Å². The van der Waals surface area contributed by atoms with Gasteiger partial charge in [-0.15, -0.1) is 0 Å². The van der Waals surface area contributed by atoms with Crippen molar-refractivity contribution in [1.82, 2.24) is 5.32 Å². The third-order valence-corrected chi connectivity index (χ3v) is 6.02. The largest absolute Gasteiger partial charge is 0.457 e. The van der Waals surface area contributed by atoms with Crippen LogP contribution >= 0.6 is 12.2 Å². The van der Waals surface area contributed by atoms with Crippen LogP contribution in [0.5, 0.6) is 0 Å². The SMILES string of the molecule is CC1=C(C(=O)OCc2ccccc2)C(c2ccc(C#N)cc2)NC(=S)N1c1cccc(C(F)(F)F)c1. The Bertz CT molecular complexity index is 1360. The molecule has 0 aliphatic carbocycles. The Morgan fingerprint density at radius 1 is 1.08 bits per heavy atom. The van der Waals surface area contributed by atoms with E-state index < -0.39 is 23.8 Å². The highest BCUT2D eigenvalue weighted by Gasteiger charge is 2.37. The first-order valence-corrected chi connectivity index (χ1v) is 11.3. The van der Waals surface area contributed by atoms with Gasteiger partial charge < -0.3 is 10.1 Å². The van der Waals surface area contributed by atoms with Crippen LogP contribution in [-0.2, 0) is 22.3 Å². The highest BCUT2D eigenvalue weighted by Crippen LogP contribution is 2.37. The molecule has 1 atom stereocenters. The van der Waals surface area contributed by atoms with Crippen molar-refractivity contribution in [2.75, 3.05) is 4.90 Å². The lowest BCUT2D eigenvalue weighted by Gasteiger charge is -2.37. The normalized spacial score (nSPS) is 15.8. The first-order valence-electron chi connectivity index (χ1n) is 10.9. The molecule has 1 heterocycles. The van der Waals surface area contributed by atoms with Gasteiger partial charge in [0.25, 0.3) is 0 Å². The average molecular weight is 508 g/mol. The molecule has 5 nitrogen and oxygen atoms in total. The molecule has 3 aromatic rings. The molecular weight excluding hydrogens is 487 g/mol. The number of nitrogens with zero attached hydrogens (tertiary/aromatic N) is 2. The first kappa shape index (κ1) is 24.9. The van der Waals surface area contributed by atoms with E-state index >= 15 is 0 Å². The summed E-state index contributed by atoms with van der Waals surface area (Å²) in [5, 5.41) is 12.3. The smallest absolute Gasteiger partial charge is 0.416 e. The summed E-state index contributed by atoms with van der Waals surface area (Å²) in [7, 11) is 0. The van der Waals surface area contributed by atoms with Gasteiger partial charge in [-0.1, -0.05) is 48.5 Å². The number of benzene rings is 3. The van der Waals surface area contributed by atoms with Crippen molar-refractivity contribution in [3.05, 3.63) is 112 Å². The summed E-state index contributed by atoms with van der Waals surface area (Å²) in [4.78, 5) is 14.8. The van der Waals surface area contributed by atoms with Gasteiger partial charge in [-0.05, 0) is 60.6 Å². The van der Waals surface area contributed by atoms with Crippen molar-refractivity contribution in [2.45, 2.75) is 25.7 Å². The van der Waals surface area contributed by atoms with E-state index in [0.717, 1.165) is 17.7 Å². The number of thiocarbonyl (C=S) groups is 1. The minimum absolute atomic E-state index is 0.0184. The molecule has 0 fully saturated rings. The van der Waals surface area contributed by atoms with Crippen LogP contribution in [0, 0.1) is 11.3 Å². The van der Waals surface area contributed by atoms with Gasteiger partial charge in [-0.25, -0.2) is 4.79 Å². The predicted molar refractivity (Wildman–Crippen MR) is 132 cm³/mol. The molecule has 0 bridgehead atoms. The number of nitriles is 1. The Morgan fingerprint density at radius 3 is 2.42 bits per heavy atom. The molecule has 0 radical (unpaired) electrons. The fraction of sp³-hybridized carbons (Fsp3) is 0.148. The zero-order valence-corrected chi connectivity index (χ0v) is 19.9. The summed E-state index contributed by atoms with van der Waals surface area (Å²) < 4.78 is 45.7. The van der Waals surface area contributed by atoms with Crippen molar-refractivity contribution in [1.29, 1.82) is 5.26 Å². The number of rotatable bonds is 5. The quantitative estimate of drug-likeness (QED) is 0.336. The minimum atomic E-state index is -4.54. The van der Waals surface area contributed by atoms with Crippen LogP contribution < -0.4 is 10.2 Å². The number of hydrogen-bond acceptors (Lipinski definition) is 4. The van der Waals surface area contributed by atoms with E-state index in [2.05, 4.69) is 5.32 Å². The lowest BCUT2D eigenvalue weighted by atomic mass is 9.94. The number of carbonyl (C=O) groups is 1. The van der Waals surface area contributed by atoms with Gasteiger partial charge in [0.2, 0.25) is 0 Å². The predicted octanol–water partition coefficient (Wildman–Crippen LogP) is 6.03. The molecule has 3 aromatic carbocycles. The highest BCUT2D eigenvalue weighted by atomic mass is 32.1. The lowest BCUT2D eigenvalue weighted by Crippen LogP contribution is -2.48. The van der Waals surface area contributed by atoms with Crippen LogP contribution in [-0.4, -0.2) is 11.1 Å². The summed E-state index contributed by atoms with van der Waals surface area (Å²) in [5.74, 6) is -0.641. The molecule has 9 heteroatoms. The van der Waals surface area contributed by atoms with Gasteiger partial charge in [0.1, 0.15) is 6.61 Å². The highest BCUT2D eigenvalue weighted by molar-refractivity contribution is 7.80. The minimum Gasteiger partial charge on any atom is -0.457 e.